The molecule has 0 aliphatic rings. The molecule has 1 atom stereocenters. The third kappa shape index (κ3) is 4.74. The van der Waals surface area contributed by atoms with Crippen LogP contribution in [-0.2, 0) is 4.79 Å². The first-order chi connectivity index (χ1) is 5.22. The number of rotatable bonds is 5. The molecule has 0 saturated heterocycles. The van der Waals surface area contributed by atoms with Crippen LogP contribution in [0.15, 0.2) is 0 Å². The molecule has 0 bridgehead atoms. The Labute approximate surface area is 71.4 Å². The van der Waals surface area contributed by atoms with Crippen molar-refractivity contribution >= 4 is 17.7 Å². The molecule has 11 heavy (non-hydrogen) atoms. The largest absolute Gasteiger partial charge is 0.480 e. The summed E-state index contributed by atoms with van der Waals surface area (Å²) in [4.78, 5) is 10.5. The van der Waals surface area contributed by atoms with Gasteiger partial charge in [-0.15, -0.1) is 24.1 Å². The highest BCUT2D eigenvalue weighted by Gasteiger charge is 2.13. The van der Waals surface area contributed by atoms with Gasteiger partial charge in [-0.05, 0) is 6.42 Å². The van der Waals surface area contributed by atoms with E-state index >= 15 is 0 Å². The number of thioether (sulfide) groups is 1. The molecule has 0 radical (unpaired) electrons. The lowest BCUT2D eigenvalue weighted by atomic mass is 10.3. The van der Waals surface area contributed by atoms with E-state index in [1.807, 2.05) is 6.92 Å². The average Bonchev–Trinajstić information content (AvgIpc) is 1.97. The lowest BCUT2D eigenvalue weighted by Gasteiger charge is -2.06. The molecule has 0 saturated carbocycles. The minimum absolute atomic E-state index is 0.289. The van der Waals surface area contributed by atoms with E-state index in [2.05, 4.69) is 5.92 Å². The van der Waals surface area contributed by atoms with Crippen molar-refractivity contribution in [3.63, 3.8) is 0 Å². The van der Waals surface area contributed by atoms with Gasteiger partial charge < -0.3 is 5.11 Å². The Morgan fingerprint density at radius 3 is 2.82 bits per heavy atom. The maximum Gasteiger partial charge on any atom is 0.316 e. The molecule has 0 aromatic carbocycles. The predicted octanol–water partition coefficient (Wildman–Crippen LogP) is 1.61. The van der Waals surface area contributed by atoms with E-state index in [9.17, 15) is 4.79 Å². The van der Waals surface area contributed by atoms with Crippen molar-refractivity contribution in [2.75, 3.05) is 5.75 Å². The first-order valence-corrected chi connectivity index (χ1v) is 4.55. The fourth-order valence-electron chi connectivity index (χ4n) is 0.624. The second kappa shape index (κ2) is 6.11. The molecule has 0 heterocycles. The van der Waals surface area contributed by atoms with E-state index in [0.29, 0.717) is 12.8 Å². The lowest BCUT2D eigenvalue weighted by Crippen LogP contribution is -2.15. The van der Waals surface area contributed by atoms with Crippen LogP contribution in [0.25, 0.3) is 0 Å². The Kier molecular flexibility index (Phi) is 5.77. The Morgan fingerprint density at radius 1 is 1.82 bits per heavy atom. The summed E-state index contributed by atoms with van der Waals surface area (Å²) in [6.07, 6.45) is 6.33. The quantitative estimate of drug-likeness (QED) is 0.505. The standard InChI is InChI=1S/C8H12O2S/c1-3-5-6-11-7(4-2)8(9)10/h1,7H,4-6H2,2H3,(H,9,10). The van der Waals surface area contributed by atoms with Gasteiger partial charge in [0.15, 0.2) is 0 Å². The molecule has 0 spiro atoms. The van der Waals surface area contributed by atoms with Crippen LogP contribution in [0.5, 0.6) is 0 Å². The molecule has 0 fully saturated rings. The maximum atomic E-state index is 10.5. The first kappa shape index (κ1) is 10.4. The van der Waals surface area contributed by atoms with Crippen molar-refractivity contribution in [1.29, 1.82) is 0 Å². The lowest BCUT2D eigenvalue weighted by molar-refractivity contribution is -0.136. The van der Waals surface area contributed by atoms with Crippen molar-refractivity contribution in [3.05, 3.63) is 0 Å². The molecule has 3 heteroatoms. The van der Waals surface area contributed by atoms with Crippen LogP contribution in [0.3, 0.4) is 0 Å². The van der Waals surface area contributed by atoms with E-state index in [1.165, 1.54) is 11.8 Å². The topological polar surface area (TPSA) is 37.3 Å². The normalized spacial score (nSPS) is 12.0. The molecular formula is C8H12O2S. The number of carboxylic acids is 1. The molecule has 2 nitrogen and oxygen atoms in total. The number of aliphatic carboxylic acids is 1. The highest BCUT2D eigenvalue weighted by atomic mass is 32.2. The molecule has 0 aromatic heterocycles. The zero-order chi connectivity index (χ0) is 8.69. The monoisotopic (exact) mass is 172 g/mol. The molecule has 0 aromatic rings. The summed E-state index contributed by atoms with van der Waals surface area (Å²) in [5, 5.41) is 8.31. The summed E-state index contributed by atoms with van der Waals surface area (Å²) < 4.78 is 0. The van der Waals surface area contributed by atoms with Crippen molar-refractivity contribution in [2.45, 2.75) is 25.0 Å². The molecule has 0 amide bonds. The number of hydrogen-bond donors (Lipinski definition) is 1. The third-order valence-corrected chi connectivity index (χ3v) is 2.59. The van der Waals surface area contributed by atoms with Gasteiger partial charge in [-0.2, -0.15) is 0 Å². The van der Waals surface area contributed by atoms with Crippen molar-refractivity contribution in [3.8, 4) is 12.3 Å². The Balaban J connectivity index is 3.54. The SMILES string of the molecule is C#CCCSC(CC)C(=O)O. The Morgan fingerprint density at radius 2 is 2.45 bits per heavy atom. The predicted molar refractivity (Wildman–Crippen MR) is 47.6 cm³/mol. The zero-order valence-electron chi connectivity index (χ0n) is 6.54. The van der Waals surface area contributed by atoms with Crippen LogP contribution in [0.2, 0.25) is 0 Å². The van der Waals surface area contributed by atoms with Gasteiger partial charge >= 0.3 is 5.97 Å². The van der Waals surface area contributed by atoms with Crippen molar-refractivity contribution < 1.29 is 9.90 Å². The van der Waals surface area contributed by atoms with Gasteiger partial charge in [-0.25, -0.2) is 0 Å². The Bertz CT molecular complexity index is 160. The van der Waals surface area contributed by atoms with Gasteiger partial charge in [-0.1, -0.05) is 6.92 Å². The molecular weight excluding hydrogens is 160 g/mol. The van der Waals surface area contributed by atoms with E-state index in [4.69, 9.17) is 11.5 Å². The third-order valence-electron chi connectivity index (χ3n) is 1.21. The summed E-state index contributed by atoms with van der Waals surface area (Å²) in [6.45, 7) is 1.86. The summed E-state index contributed by atoms with van der Waals surface area (Å²) in [7, 11) is 0. The zero-order valence-corrected chi connectivity index (χ0v) is 7.36. The van der Waals surface area contributed by atoms with E-state index in [0.717, 1.165) is 5.75 Å². The van der Waals surface area contributed by atoms with Gasteiger partial charge in [0, 0.05) is 12.2 Å². The number of carbonyl (C=O) groups is 1. The number of terminal acetylenes is 1. The highest BCUT2D eigenvalue weighted by Crippen LogP contribution is 2.15. The molecule has 62 valence electrons. The van der Waals surface area contributed by atoms with Gasteiger partial charge in [0.2, 0.25) is 0 Å². The fourth-order valence-corrected chi connectivity index (χ4v) is 1.52. The van der Waals surface area contributed by atoms with E-state index < -0.39 is 5.97 Å². The van der Waals surface area contributed by atoms with Gasteiger partial charge in [-0.3, -0.25) is 4.79 Å². The smallest absolute Gasteiger partial charge is 0.316 e. The maximum absolute atomic E-state index is 10.5. The van der Waals surface area contributed by atoms with Crippen LogP contribution in [0, 0.1) is 12.3 Å². The van der Waals surface area contributed by atoms with Crippen LogP contribution in [0.4, 0.5) is 0 Å². The second-order valence-corrected chi connectivity index (χ2v) is 3.37. The summed E-state index contributed by atoms with van der Waals surface area (Å²) in [5.41, 5.74) is 0. The number of hydrogen-bond acceptors (Lipinski definition) is 2. The van der Waals surface area contributed by atoms with Gasteiger partial charge in [0.25, 0.3) is 0 Å². The van der Waals surface area contributed by atoms with E-state index in [-0.39, 0.29) is 5.25 Å². The van der Waals surface area contributed by atoms with Gasteiger partial charge in [0.1, 0.15) is 5.25 Å². The molecule has 1 unspecified atom stereocenters. The van der Waals surface area contributed by atoms with Crippen LogP contribution >= 0.6 is 11.8 Å². The van der Waals surface area contributed by atoms with Crippen LogP contribution < -0.4 is 0 Å². The van der Waals surface area contributed by atoms with Crippen LogP contribution in [-0.4, -0.2) is 22.1 Å². The minimum Gasteiger partial charge on any atom is -0.480 e. The molecule has 0 rings (SSSR count). The van der Waals surface area contributed by atoms with Crippen molar-refractivity contribution in [1.82, 2.24) is 0 Å². The number of carboxylic acid groups (broad SMARTS) is 1. The van der Waals surface area contributed by atoms with Crippen molar-refractivity contribution in [2.24, 2.45) is 0 Å². The average molecular weight is 172 g/mol. The van der Waals surface area contributed by atoms with Crippen LogP contribution in [0.1, 0.15) is 19.8 Å². The molecule has 1 N–H and O–H groups in total. The highest BCUT2D eigenvalue weighted by molar-refractivity contribution is 8.00. The summed E-state index contributed by atoms with van der Waals surface area (Å²) in [5.74, 6) is 2.47. The molecule has 0 aliphatic carbocycles. The minimum atomic E-state index is -0.741. The second-order valence-electron chi connectivity index (χ2n) is 2.06. The fraction of sp³-hybridized carbons (Fsp3) is 0.625. The Hall–Kier alpha value is -0.620. The van der Waals surface area contributed by atoms with Gasteiger partial charge in [0.05, 0.1) is 0 Å². The molecule has 0 aliphatic heterocycles. The summed E-state index contributed by atoms with van der Waals surface area (Å²) >= 11 is 1.41. The van der Waals surface area contributed by atoms with E-state index in [1.54, 1.807) is 0 Å². The first-order valence-electron chi connectivity index (χ1n) is 3.50. The summed E-state index contributed by atoms with van der Waals surface area (Å²) in [6, 6.07) is 0.